The molecule has 2 atom stereocenters. The third-order valence-electron chi connectivity index (χ3n) is 5.71. The second-order valence-electron chi connectivity index (χ2n) is 8.07. The molecule has 0 aliphatic heterocycles. The summed E-state index contributed by atoms with van der Waals surface area (Å²) in [6, 6.07) is 13.6. The molecular weight excluding hydrogens is 430 g/mol. The number of halogens is 1. The zero-order valence-electron chi connectivity index (χ0n) is 17.6. The summed E-state index contributed by atoms with van der Waals surface area (Å²) in [6.45, 7) is 0.397. The summed E-state index contributed by atoms with van der Waals surface area (Å²) in [4.78, 5) is 30.5. The Kier molecular flexibility index (Phi) is 6.30. The van der Waals surface area contributed by atoms with Crippen LogP contribution < -0.4 is 0 Å². The van der Waals surface area contributed by atoms with Gasteiger partial charge >= 0.3 is 5.97 Å². The van der Waals surface area contributed by atoms with Crippen LogP contribution in [0.3, 0.4) is 0 Å². The Bertz CT molecular complexity index is 1180. The summed E-state index contributed by atoms with van der Waals surface area (Å²) in [7, 11) is 1.84. The summed E-state index contributed by atoms with van der Waals surface area (Å²) in [5.41, 5.74) is 2.16. The van der Waals surface area contributed by atoms with Gasteiger partial charge in [-0.15, -0.1) is 0 Å². The van der Waals surface area contributed by atoms with E-state index in [9.17, 15) is 14.7 Å². The molecule has 1 saturated carbocycles. The van der Waals surface area contributed by atoms with Crippen molar-refractivity contribution in [1.82, 2.24) is 14.5 Å². The second kappa shape index (κ2) is 9.14. The molecule has 0 saturated heterocycles. The number of aliphatic hydroxyl groups is 1. The molecule has 32 heavy (non-hydrogen) atoms. The summed E-state index contributed by atoms with van der Waals surface area (Å²) in [6.07, 6.45) is 2.69. The predicted octanol–water partition coefficient (Wildman–Crippen LogP) is 3.88. The summed E-state index contributed by atoms with van der Waals surface area (Å²) in [5.74, 6) is -0.880. The lowest BCUT2D eigenvalue weighted by Crippen LogP contribution is -2.40. The minimum atomic E-state index is -1.21. The van der Waals surface area contributed by atoms with Gasteiger partial charge in [-0.1, -0.05) is 35.9 Å². The maximum absolute atomic E-state index is 13.2. The molecule has 7 nitrogen and oxygen atoms in total. The zero-order valence-corrected chi connectivity index (χ0v) is 18.3. The van der Waals surface area contributed by atoms with Gasteiger partial charge in [0.1, 0.15) is 18.0 Å². The highest BCUT2D eigenvalue weighted by Gasteiger charge is 2.38. The molecule has 1 amide bonds. The number of carboxylic acid groups (broad SMARTS) is 1. The normalized spacial score (nSPS) is 15.7. The highest BCUT2D eigenvalue weighted by molar-refractivity contribution is 6.30. The Hall–Kier alpha value is -3.16. The van der Waals surface area contributed by atoms with Crippen LogP contribution in [-0.2, 0) is 16.6 Å². The lowest BCUT2D eigenvalue weighted by atomic mass is 9.99. The predicted molar refractivity (Wildman–Crippen MR) is 121 cm³/mol. The smallest absolute Gasteiger partial charge is 0.328 e. The van der Waals surface area contributed by atoms with Gasteiger partial charge in [0.15, 0.2) is 0 Å². The molecule has 0 bridgehead atoms. The topological polar surface area (TPSA) is 95.7 Å². The number of aromatic nitrogens is 2. The number of nitrogens with zero attached hydrogens (tertiary/aromatic N) is 3. The molecule has 2 aromatic carbocycles. The van der Waals surface area contributed by atoms with E-state index in [0.717, 1.165) is 36.0 Å². The van der Waals surface area contributed by atoms with Gasteiger partial charge in [-0.3, -0.25) is 4.79 Å². The van der Waals surface area contributed by atoms with Crippen molar-refractivity contribution in [2.45, 2.75) is 25.0 Å². The Morgan fingerprint density at radius 1 is 1.22 bits per heavy atom. The van der Waals surface area contributed by atoms with E-state index in [-0.39, 0.29) is 0 Å². The van der Waals surface area contributed by atoms with Crippen molar-refractivity contribution in [1.29, 1.82) is 0 Å². The van der Waals surface area contributed by atoms with Crippen LogP contribution in [0.15, 0.2) is 60.7 Å². The molecule has 1 heterocycles. The maximum atomic E-state index is 13.2. The number of para-hydroxylation sites is 2. The number of carbonyl (C=O) groups is 2. The monoisotopic (exact) mass is 453 g/mol. The lowest BCUT2D eigenvalue weighted by molar-refractivity contribution is -0.134. The Morgan fingerprint density at radius 3 is 2.62 bits per heavy atom. The molecule has 166 valence electrons. The van der Waals surface area contributed by atoms with Crippen molar-refractivity contribution in [3.05, 3.63) is 77.1 Å². The standard InChI is InChI=1S/C24H24ClN3O4/c1-27-19-8-3-2-7-18(19)26-24(27)22(23(32)16-5-4-6-17(25)13-16)28(14-15-9-10-15)20(29)11-12-21(30)31/h2-8,11-13,15,22-23,32H,9-10,14H2,1H3,(H,30,31)/b12-11+/t22-,23+/m1/s1. The van der Waals surface area contributed by atoms with Gasteiger partial charge in [0.2, 0.25) is 5.91 Å². The van der Waals surface area contributed by atoms with Gasteiger partial charge in [-0.2, -0.15) is 0 Å². The maximum Gasteiger partial charge on any atom is 0.328 e. The lowest BCUT2D eigenvalue weighted by Gasteiger charge is -2.34. The highest BCUT2D eigenvalue weighted by Crippen LogP contribution is 2.39. The molecule has 8 heteroatoms. The number of aliphatic hydroxyl groups excluding tert-OH is 1. The molecule has 0 unspecified atom stereocenters. The Morgan fingerprint density at radius 2 is 1.97 bits per heavy atom. The van der Waals surface area contributed by atoms with Crippen LogP contribution in [0.25, 0.3) is 11.0 Å². The van der Waals surface area contributed by atoms with Crippen molar-refractivity contribution in [2.24, 2.45) is 13.0 Å². The van der Waals surface area contributed by atoms with Crippen molar-refractivity contribution < 1.29 is 19.8 Å². The van der Waals surface area contributed by atoms with Crippen molar-refractivity contribution in [3.8, 4) is 0 Å². The van der Waals surface area contributed by atoms with E-state index in [4.69, 9.17) is 21.7 Å². The summed E-state index contributed by atoms with van der Waals surface area (Å²) in [5, 5.41) is 21.0. The number of aliphatic carboxylic acids is 1. The minimum absolute atomic E-state index is 0.306. The van der Waals surface area contributed by atoms with Gasteiger partial charge < -0.3 is 19.7 Å². The molecule has 1 aromatic heterocycles. The Balaban J connectivity index is 1.84. The van der Waals surface area contributed by atoms with Crippen molar-refractivity contribution in [3.63, 3.8) is 0 Å². The van der Waals surface area contributed by atoms with E-state index in [1.165, 1.54) is 4.90 Å². The molecule has 0 radical (unpaired) electrons. The zero-order chi connectivity index (χ0) is 22.8. The van der Waals surface area contributed by atoms with Crippen LogP contribution in [0.5, 0.6) is 0 Å². The van der Waals surface area contributed by atoms with Gasteiger partial charge in [-0.05, 0) is 48.6 Å². The molecular formula is C24H24ClN3O4. The van der Waals surface area contributed by atoms with Crippen molar-refractivity contribution >= 4 is 34.5 Å². The van der Waals surface area contributed by atoms with E-state index in [1.54, 1.807) is 24.3 Å². The fourth-order valence-electron chi connectivity index (χ4n) is 3.91. The fraction of sp³-hybridized carbons (Fsp3) is 0.292. The average molecular weight is 454 g/mol. The van der Waals surface area contributed by atoms with E-state index in [2.05, 4.69) is 0 Å². The summed E-state index contributed by atoms with van der Waals surface area (Å²) >= 11 is 6.17. The third kappa shape index (κ3) is 4.69. The van der Waals surface area contributed by atoms with Gasteiger partial charge in [0, 0.05) is 30.8 Å². The first-order chi connectivity index (χ1) is 15.3. The van der Waals surface area contributed by atoms with E-state index in [0.29, 0.717) is 28.9 Å². The van der Waals surface area contributed by atoms with Crippen LogP contribution >= 0.6 is 11.6 Å². The molecule has 0 spiro atoms. The third-order valence-corrected chi connectivity index (χ3v) is 5.95. The number of carboxylic acids is 1. The largest absolute Gasteiger partial charge is 0.478 e. The van der Waals surface area contributed by atoms with E-state index < -0.39 is 24.0 Å². The first-order valence-electron chi connectivity index (χ1n) is 10.4. The number of aryl methyl sites for hydroxylation is 1. The van der Waals surface area contributed by atoms with Crippen molar-refractivity contribution in [2.75, 3.05) is 6.54 Å². The number of hydrogen-bond donors (Lipinski definition) is 2. The number of benzene rings is 2. The molecule has 2 N–H and O–H groups in total. The number of hydrogen-bond acceptors (Lipinski definition) is 4. The van der Waals surface area contributed by atoms with E-state index >= 15 is 0 Å². The highest BCUT2D eigenvalue weighted by atomic mass is 35.5. The average Bonchev–Trinajstić information content (AvgIpc) is 3.54. The number of carbonyl (C=O) groups excluding carboxylic acids is 1. The number of rotatable bonds is 8. The van der Waals surface area contributed by atoms with Crippen LogP contribution in [0.4, 0.5) is 0 Å². The molecule has 1 fully saturated rings. The van der Waals surface area contributed by atoms with E-state index in [1.807, 2.05) is 35.9 Å². The van der Waals surface area contributed by atoms with Gasteiger partial charge in [0.05, 0.1) is 11.0 Å². The van der Waals surface area contributed by atoms with Crippen LogP contribution in [0, 0.1) is 5.92 Å². The van der Waals surface area contributed by atoms with Gasteiger partial charge in [0.25, 0.3) is 0 Å². The first kappa shape index (κ1) is 22.0. The summed E-state index contributed by atoms with van der Waals surface area (Å²) < 4.78 is 1.86. The Labute approximate surface area is 190 Å². The SMILES string of the molecule is Cn1c([C@@H]([C@@H](O)c2cccc(Cl)c2)N(CC2CC2)C(=O)/C=C/C(=O)O)nc2ccccc21. The first-order valence-corrected chi connectivity index (χ1v) is 10.8. The van der Waals surface area contributed by atoms with Gasteiger partial charge in [-0.25, -0.2) is 9.78 Å². The quantitative estimate of drug-likeness (QED) is 0.504. The molecule has 1 aliphatic carbocycles. The molecule has 1 aliphatic rings. The number of fused-ring (bicyclic) bond motifs is 1. The minimum Gasteiger partial charge on any atom is -0.478 e. The number of amides is 1. The van der Waals surface area contributed by atoms with Crippen LogP contribution in [0.1, 0.15) is 36.4 Å². The van der Waals surface area contributed by atoms with Crippen LogP contribution in [0.2, 0.25) is 5.02 Å². The second-order valence-corrected chi connectivity index (χ2v) is 8.50. The fourth-order valence-corrected chi connectivity index (χ4v) is 4.11. The van der Waals surface area contributed by atoms with Crippen LogP contribution in [-0.4, -0.2) is 43.1 Å². The molecule has 4 rings (SSSR count). The number of imidazole rings is 1. The molecule has 3 aromatic rings.